The van der Waals surface area contributed by atoms with Crippen molar-refractivity contribution in [3.8, 4) is 0 Å². The maximum atomic E-state index is 11.4. The third kappa shape index (κ3) is 4.30. The summed E-state index contributed by atoms with van der Waals surface area (Å²) in [5, 5.41) is 3.57. The number of sulfone groups is 1. The van der Waals surface area contributed by atoms with E-state index in [1.165, 1.54) is 18.2 Å². The van der Waals surface area contributed by atoms with E-state index < -0.39 is 9.84 Å². The molecule has 0 saturated carbocycles. The van der Waals surface area contributed by atoms with Crippen LogP contribution in [0.25, 0.3) is 0 Å². The minimum absolute atomic E-state index is 0.391. The smallest absolute Gasteiger partial charge is 0.175 e. The molecule has 0 amide bonds. The van der Waals surface area contributed by atoms with E-state index in [0.29, 0.717) is 17.0 Å². The van der Waals surface area contributed by atoms with E-state index in [1.807, 2.05) is 12.1 Å². The van der Waals surface area contributed by atoms with Gasteiger partial charge >= 0.3 is 0 Å². The maximum absolute atomic E-state index is 11.4. The molecule has 5 heteroatoms. The number of benzene rings is 1. The zero-order chi connectivity index (χ0) is 14.8. The summed E-state index contributed by atoms with van der Waals surface area (Å²) in [7, 11) is -3.09. The summed E-state index contributed by atoms with van der Waals surface area (Å²) in [6, 6.07) is 8.33. The first-order chi connectivity index (χ1) is 9.34. The molecular weight excluding hydrogens is 272 g/mol. The number of rotatable bonds is 5. The van der Waals surface area contributed by atoms with Crippen molar-refractivity contribution >= 4 is 9.84 Å². The molecule has 112 valence electrons. The fourth-order valence-corrected chi connectivity index (χ4v) is 3.31. The van der Waals surface area contributed by atoms with Crippen molar-refractivity contribution < 1.29 is 8.42 Å². The van der Waals surface area contributed by atoms with Gasteiger partial charge in [-0.3, -0.25) is 4.90 Å². The molecule has 1 saturated heterocycles. The van der Waals surface area contributed by atoms with Crippen molar-refractivity contribution in [1.82, 2.24) is 10.2 Å². The standard InChI is InChI=1S/C15H24N2O2S/c1-12(2)16-14-8-9-17(11-14)10-13-4-6-15(7-5-13)20(3,18)19/h4-7,12,14,16H,8-11H2,1-3H3. The molecule has 1 N–H and O–H groups in total. The van der Waals surface area contributed by atoms with Crippen LogP contribution in [0.5, 0.6) is 0 Å². The SMILES string of the molecule is CC(C)NC1CCN(Cc2ccc(S(C)(=O)=O)cc2)C1. The van der Waals surface area contributed by atoms with E-state index in [4.69, 9.17) is 0 Å². The number of hydrogen-bond acceptors (Lipinski definition) is 4. The van der Waals surface area contributed by atoms with Crippen molar-refractivity contribution in [2.75, 3.05) is 19.3 Å². The molecule has 1 fully saturated rings. The molecule has 20 heavy (non-hydrogen) atoms. The highest BCUT2D eigenvalue weighted by Crippen LogP contribution is 2.16. The first kappa shape index (κ1) is 15.5. The van der Waals surface area contributed by atoms with Gasteiger partial charge in [0.2, 0.25) is 0 Å². The van der Waals surface area contributed by atoms with Gasteiger partial charge in [-0.2, -0.15) is 0 Å². The number of nitrogens with one attached hydrogen (secondary N) is 1. The highest BCUT2D eigenvalue weighted by atomic mass is 32.2. The van der Waals surface area contributed by atoms with Gasteiger partial charge in [-0.25, -0.2) is 8.42 Å². The summed E-state index contributed by atoms with van der Waals surface area (Å²) in [5.41, 5.74) is 1.17. The molecule has 1 heterocycles. The molecule has 1 aromatic carbocycles. The average molecular weight is 296 g/mol. The van der Waals surface area contributed by atoms with Crippen LogP contribution in [-0.4, -0.2) is 44.7 Å². The summed E-state index contributed by atoms with van der Waals surface area (Å²) >= 11 is 0. The van der Waals surface area contributed by atoms with Gasteiger partial charge in [0.25, 0.3) is 0 Å². The van der Waals surface area contributed by atoms with Gasteiger partial charge in [-0.1, -0.05) is 26.0 Å². The Kier molecular flexibility index (Phi) is 4.83. The lowest BCUT2D eigenvalue weighted by molar-refractivity contribution is 0.317. The molecule has 0 aliphatic carbocycles. The van der Waals surface area contributed by atoms with Crippen LogP contribution in [0.2, 0.25) is 0 Å². The number of nitrogens with zero attached hydrogens (tertiary/aromatic N) is 1. The topological polar surface area (TPSA) is 49.4 Å². The fourth-order valence-electron chi connectivity index (χ4n) is 2.68. The second-order valence-electron chi connectivity index (χ2n) is 5.96. The van der Waals surface area contributed by atoms with E-state index >= 15 is 0 Å². The summed E-state index contributed by atoms with van der Waals surface area (Å²) in [5.74, 6) is 0. The fraction of sp³-hybridized carbons (Fsp3) is 0.600. The zero-order valence-electron chi connectivity index (χ0n) is 12.5. The van der Waals surface area contributed by atoms with Gasteiger partial charge in [0.1, 0.15) is 0 Å². The predicted octanol–water partition coefficient (Wildman–Crippen LogP) is 1.66. The van der Waals surface area contributed by atoms with Crippen molar-refractivity contribution in [3.05, 3.63) is 29.8 Å². The van der Waals surface area contributed by atoms with Crippen molar-refractivity contribution in [1.29, 1.82) is 0 Å². The molecule has 1 aromatic rings. The van der Waals surface area contributed by atoms with Crippen LogP contribution in [0.15, 0.2) is 29.2 Å². The van der Waals surface area contributed by atoms with E-state index in [1.54, 1.807) is 12.1 Å². The Bertz CT molecular complexity index is 537. The second kappa shape index (κ2) is 6.24. The molecule has 1 unspecified atom stereocenters. The normalized spacial score (nSPS) is 20.7. The Hall–Kier alpha value is -0.910. The van der Waals surface area contributed by atoms with E-state index in [0.717, 1.165) is 19.6 Å². The Morgan fingerprint density at radius 2 is 1.95 bits per heavy atom. The first-order valence-corrected chi connectivity index (χ1v) is 9.01. The highest BCUT2D eigenvalue weighted by molar-refractivity contribution is 7.90. The Morgan fingerprint density at radius 3 is 2.50 bits per heavy atom. The molecule has 1 aliphatic heterocycles. The lowest BCUT2D eigenvalue weighted by atomic mass is 10.2. The lowest BCUT2D eigenvalue weighted by Crippen LogP contribution is -2.36. The van der Waals surface area contributed by atoms with Crippen LogP contribution in [0.3, 0.4) is 0 Å². The summed E-state index contributed by atoms with van der Waals surface area (Å²) in [6.45, 7) is 7.39. The minimum atomic E-state index is -3.09. The number of likely N-dealkylation sites (tertiary alicyclic amines) is 1. The first-order valence-electron chi connectivity index (χ1n) is 7.12. The largest absolute Gasteiger partial charge is 0.310 e. The van der Waals surface area contributed by atoms with Gasteiger partial charge in [0.15, 0.2) is 9.84 Å². The Morgan fingerprint density at radius 1 is 1.30 bits per heavy atom. The molecule has 1 aliphatic rings. The van der Waals surface area contributed by atoms with Crippen LogP contribution < -0.4 is 5.32 Å². The van der Waals surface area contributed by atoms with Crippen LogP contribution >= 0.6 is 0 Å². The second-order valence-corrected chi connectivity index (χ2v) is 7.97. The third-order valence-electron chi connectivity index (χ3n) is 3.60. The Labute approximate surface area is 122 Å². The molecule has 0 bridgehead atoms. The van der Waals surface area contributed by atoms with Gasteiger partial charge in [-0.15, -0.1) is 0 Å². The Balaban J connectivity index is 1.92. The molecular formula is C15H24N2O2S. The zero-order valence-corrected chi connectivity index (χ0v) is 13.3. The molecule has 1 atom stereocenters. The van der Waals surface area contributed by atoms with Gasteiger partial charge in [0.05, 0.1) is 4.90 Å². The van der Waals surface area contributed by atoms with Gasteiger partial charge in [-0.05, 0) is 24.1 Å². The van der Waals surface area contributed by atoms with E-state index in [2.05, 4.69) is 24.1 Å². The predicted molar refractivity (Wildman–Crippen MR) is 81.5 cm³/mol. The van der Waals surface area contributed by atoms with Crippen LogP contribution in [-0.2, 0) is 16.4 Å². The minimum Gasteiger partial charge on any atom is -0.310 e. The van der Waals surface area contributed by atoms with Crippen LogP contribution in [0.1, 0.15) is 25.8 Å². The summed E-state index contributed by atoms with van der Waals surface area (Å²) in [4.78, 5) is 2.80. The molecule has 0 radical (unpaired) electrons. The lowest BCUT2D eigenvalue weighted by Gasteiger charge is -2.18. The van der Waals surface area contributed by atoms with Gasteiger partial charge in [0, 0.05) is 38.0 Å². The van der Waals surface area contributed by atoms with Crippen LogP contribution in [0, 0.1) is 0 Å². The van der Waals surface area contributed by atoms with E-state index in [-0.39, 0.29) is 0 Å². The maximum Gasteiger partial charge on any atom is 0.175 e. The van der Waals surface area contributed by atoms with Crippen LogP contribution in [0.4, 0.5) is 0 Å². The molecule has 2 rings (SSSR count). The van der Waals surface area contributed by atoms with E-state index in [9.17, 15) is 8.42 Å². The monoisotopic (exact) mass is 296 g/mol. The van der Waals surface area contributed by atoms with Crippen molar-refractivity contribution in [2.45, 2.75) is 43.8 Å². The summed E-state index contributed by atoms with van der Waals surface area (Å²) < 4.78 is 22.8. The van der Waals surface area contributed by atoms with Crippen molar-refractivity contribution in [3.63, 3.8) is 0 Å². The highest BCUT2D eigenvalue weighted by Gasteiger charge is 2.22. The molecule has 0 spiro atoms. The molecule has 4 nitrogen and oxygen atoms in total. The molecule has 0 aromatic heterocycles. The average Bonchev–Trinajstić information content (AvgIpc) is 2.75. The third-order valence-corrected chi connectivity index (χ3v) is 4.73. The summed E-state index contributed by atoms with van der Waals surface area (Å²) in [6.07, 6.45) is 2.42. The quantitative estimate of drug-likeness (QED) is 0.898. The number of hydrogen-bond donors (Lipinski definition) is 1. The van der Waals surface area contributed by atoms with Crippen molar-refractivity contribution in [2.24, 2.45) is 0 Å². The van der Waals surface area contributed by atoms with Gasteiger partial charge < -0.3 is 5.32 Å².